The number of aliphatic imine (C=N–C) groups is 2. The highest BCUT2D eigenvalue weighted by Crippen LogP contribution is 2.38. The van der Waals surface area contributed by atoms with Crippen LogP contribution in [0.25, 0.3) is 55.0 Å². The van der Waals surface area contributed by atoms with Gasteiger partial charge in [-0.2, -0.15) is 0 Å². The van der Waals surface area contributed by atoms with Gasteiger partial charge in [0.25, 0.3) is 0 Å². The molecule has 0 amide bonds. The van der Waals surface area contributed by atoms with Crippen molar-refractivity contribution in [3.8, 4) is 0 Å². The SMILES string of the molecule is C=N\C=C/C=C(\C=C\C)c1ccc2oc3cc4oc5ccc(C(/C=C\C=C\C)=C/N=C)cc5c4cc3c2c1. The number of furan rings is 2. The van der Waals surface area contributed by atoms with Crippen LogP contribution in [0.15, 0.2) is 128 Å². The zero-order chi connectivity index (χ0) is 26.5. The largest absolute Gasteiger partial charge is 0.456 e. The predicted molar refractivity (Wildman–Crippen MR) is 164 cm³/mol. The summed E-state index contributed by atoms with van der Waals surface area (Å²) in [5.74, 6) is 0. The number of allylic oxidation sites excluding steroid dienone is 10. The third-order valence-corrected chi connectivity index (χ3v) is 6.35. The van der Waals surface area contributed by atoms with E-state index >= 15 is 0 Å². The van der Waals surface area contributed by atoms with Crippen molar-refractivity contribution >= 4 is 68.5 Å². The molecule has 0 N–H and O–H groups in total. The van der Waals surface area contributed by atoms with E-state index in [2.05, 4.69) is 53.8 Å². The van der Waals surface area contributed by atoms with Crippen molar-refractivity contribution in [2.24, 2.45) is 9.98 Å². The molecule has 0 saturated carbocycles. The zero-order valence-corrected chi connectivity index (χ0v) is 21.5. The van der Waals surface area contributed by atoms with Gasteiger partial charge in [-0.05, 0) is 86.0 Å². The zero-order valence-electron chi connectivity index (χ0n) is 21.5. The van der Waals surface area contributed by atoms with Gasteiger partial charge in [0.15, 0.2) is 0 Å². The molecule has 0 aliphatic carbocycles. The van der Waals surface area contributed by atoms with Crippen molar-refractivity contribution in [2.75, 3.05) is 0 Å². The van der Waals surface area contributed by atoms with Crippen LogP contribution < -0.4 is 0 Å². The molecule has 0 aliphatic heterocycles. The summed E-state index contributed by atoms with van der Waals surface area (Å²) < 4.78 is 12.4. The Hall–Kier alpha value is -4.96. The summed E-state index contributed by atoms with van der Waals surface area (Å²) in [6, 6.07) is 16.6. The van der Waals surface area contributed by atoms with Crippen LogP contribution in [0.3, 0.4) is 0 Å². The Labute approximate surface area is 221 Å². The summed E-state index contributed by atoms with van der Waals surface area (Å²) in [5.41, 5.74) is 7.41. The van der Waals surface area contributed by atoms with Crippen LogP contribution in [-0.2, 0) is 0 Å². The van der Waals surface area contributed by atoms with Crippen molar-refractivity contribution in [3.05, 3.63) is 121 Å². The fourth-order valence-corrected chi connectivity index (χ4v) is 4.62. The van der Waals surface area contributed by atoms with Gasteiger partial charge >= 0.3 is 0 Å². The summed E-state index contributed by atoms with van der Waals surface area (Å²) in [6.07, 6.45) is 19.4. The van der Waals surface area contributed by atoms with E-state index in [4.69, 9.17) is 8.83 Å². The summed E-state index contributed by atoms with van der Waals surface area (Å²) >= 11 is 0. The van der Waals surface area contributed by atoms with E-state index in [0.717, 1.165) is 66.2 Å². The minimum Gasteiger partial charge on any atom is -0.456 e. The Balaban J connectivity index is 1.69. The fraction of sp³-hybridized carbons (Fsp3) is 0.0588. The summed E-state index contributed by atoms with van der Waals surface area (Å²) in [5, 5.41) is 4.17. The van der Waals surface area contributed by atoms with Crippen LogP contribution in [0, 0.1) is 0 Å². The summed E-state index contributed by atoms with van der Waals surface area (Å²) in [7, 11) is 0. The molecule has 4 nitrogen and oxygen atoms in total. The maximum absolute atomic E-state index is 6.22. The molecule has 0 atom stereocenters. The second kappa shape index (κ2) is 11.0. The minimum absolute atomic E-state index is 0.789. The monoisotopic (exact) mass is 496 g/mol. The Morgan fingerprint density at radius 3 is 1.84 bits per heavy atom. The average Bonchev–Trinajstić information content (AvgIpc) is 3.47. The summed E-state index contributed by atoms with van der Waals surface area (Å²) in [4.78, 5) is 7.80. The first-order valence-corrected chi connectivity index (χ1v) is 12.4. The van der Waals surface area contributed by atoms with Gasteiger partial charge in [-0.1, -0.05) is 54.7 Å². The fourth-order valence-electron chi connectivity index (χ4n) is 4.62. The smallest absolute Gasteiger partial charge is 0.139 e. The molecule has 2 aromatic heterocycles. The number of fused-ring (bicyclic) bond motifs is 6. The van der Waals surface area contributed by atoms with Crippen LogP contribution in [0.2, 0.25) is 0 Å². The van der Waals surface area contributed by atoms with Crippen LogP contribution >= 0.6 is 0 Å². The highest BCUT2D eigenvalue weighted by molar-refractivity contribution is 6.15. The molecule has 186 valence electrons. The standard InChI is InChI=1S/C34H28N2O2/c1-5-7-8-11-26(22-36-4)25-14-16-32-28(19-25)30-20-29-27-18-24(23(10-6-2)12-9-17-35-3)13-15-31(27)37-33(29)21-34(30)38-32/h5-22H,3-4H2,1-2H3/b7-5+,10-6+,11-8-,17-9-,23-12+,26-22+. The molecule has 0 bridgehead atoms. The van der Waals surface area contributed by atoms with Crippen molar-refractivity contribution in [2.45, 2.75) is 13.8 Å². The molecule has 4 heteroatoms. The maximum Gasteiger partial charge on any atom is 0.139 e. The molecule has 5 rings (SSSR count). The first kappa shape index (κ1) is 24.7. The minimum atomic E-state index is 0.789. The lowest BCUT2D eigenvalue weighted by molar-refractivity contribution is 0.656. The third kappa shape index (κ3) is 4.72. The van der Waals surface area contributed by atoms with E-state index in [9.17, 15) is 0 Å². The molecule has 0 radical (unpaired) electrons. The summed E-state index contributed by atoms with van der Waals surface area (Å²) in [6.45, 7) is 11.1. The Morgan fingerprint density at radius 2 is 1.26 bits per heavy atom. The van der Waals surface area contributed by atoms with Gasteiger partial charge in [0, 0.05) is 40.0 Å². The number of rotatable bonds is 8. The first-order valence-electron chi connectivity index (χ1n) is 12.4. The van der Waals surface area contributed by atoms with E-state index in [1.165, 1.54) is 0 Å². The lowest BCUT2D eigenvalue weighted by Crippen LogP contribution is -1.81. The Kier molecular flexibility index (Phi) is 7.14. The molecular formula is C34H28N2O2. The maximum atomic E-state index is 6.22. The van der Waals surface area contributed by atoms with Crippen molar-refractivity contribution in [1.82, 2.24) is 0 Å². The normalized spacial score (nSPS) is 13.6. The molecule has 38 heavy (non-hydrogen) atoms. The van der Waals surface area contributed by atoms with Crippen molar-refractivity contribution in [3.63, 3.8) is 0 Å². The van der Waals surface area contributed by atoms with E-state index in [-0.39, 0.29) is 0 Å². The average molecular weight is 497 g/mol. The van der Waals surface area contributed by atoms with E-state index in [0.29, 0.717) is 0 Å². The van der Waals surface area contributed by atoms with Crippen LogP contribution in [0.5, 0.6) is 0 Å². The van der Waals surface area contributed by atoms with Gasteiger partial charge in [-0.25, -0.2) is 0 Å². The van der Waals surface area contributed by atoms with Crippen LogP contribution in [0.1, 0.15) is 25.0 Å². The Morgan fingerprint density at radius 1 is 0.632 bits per heavy atom. The third-order valence-electron chi connectivity index (χ3n) is 6.35. The molecule has 2 heterocycles. The van der Waals surface area contributed by atoms with Gasteiger partial charge in [-0.3, -0.25) is 9.98 Å². The second-order valence-corrected chi connectivity index (χ2v) is 8.77. The van der Waals surface area contributed by atoms with Gasteiger partial charge in [-0.15, -0.1) is 0 Å². The van der Waals surface area contributed by atoms with Crippen molar-refractivity contribution < 1.29 is 8.83 Å². The number of benzene rings is 3. The number of hydrogen-bond donors (Lipinski definition) is 0. The molecule has 0 unspecified atom stereocenters. The van der Waals surface area contributed by atoms with Crippen molar-refractivity contribution in [1.29, 1.82) is 0 Å². The molecule has 3 aromatic carbocycles. The highest BCUT2D eigenvalue weighted by atomic mass is 16.3. The molecular weight excluding hydrogens is 468 g/mol. The number of hydrogen-bond acceptors (Lipinski definition) is 4. The first-order chi connectivity index (χ1) is 18.7. The van der Waals surface area contributed by atoms with Crippen LogP contribution in [-0.4, -0.2) is 13.4 Å². The molecule has 0 saturated heterocycles. The Bertz CT molecular complexity index is 1870. The predicted octanol–water partition coefficient (Wildman–Crippen LogP) is 9.83. The van der Waals surface area contributed by atoms with E-state index in [1.807, 2.05) is 80.6 Å². The molecule has 0 aliphatic rings. The lowest BCUT2D eigenvalue weighted by Gasteiger charge is -2.02. The molecule has 5 aromatic rings. The topological polar surface area (TPSA) is 51.0 Å². The van der Waals surface area contributed by atoms with Gasteiger partial charge in [0.1, 0.15) is 22.3 Å². The quantitative estimate of drug-likeness (QED) is 0.158. The molecule has 0 spiro atoms. The van der Waals surface area contributed by atoms with Gasteiger partial charge in [0.05, 0.1) is 0 Å². The van der Waals surface area contributed by atoms with Crippen LogP contribution in [0.4, 0.5) is 0 Å². The lowest BCUT2D eigenvalue weighted by atomic mass is 10.0. The molecule has 0 fully saturated rings. The van der Waals surface area contributed by atoms with E-state index in [1.54, 1.807) is 12.4 Å². The number of nitrogens with zero attached hydrogens (tertiary/aromatic N) is 2. The van der Waals surface area contributed by atoms with Gasteiger partial charge < -0.3 is 8.83 Å². The van der Waals surface area contributed by atoms with E-state index < -0.39 is 0 Å². The second-order valence-electron chi connectivity index (χ2n) is 8.77. The van der Waals surface area contributed by atoms with Gasteiger partial charge in [0.2, 0.25) is 0 Å². The highest BCUT2D eigenvalue weighted by Gasteiger charge is 2.15.